The summed E-state index contributed by atoms with van der Waals surface area (Å²) in [6.07, 6.45) is 25.2. The molecule has 22 nitrogen and oxygen atoms in total. The second-order valence-electron chi connectivity index (χ2n) is 36.3. The molecule has 8 heterocycles. The molecule has 4 N–H and O–H groups in total. The lowest BCUT2D eigenvalue weighted by molar-refractivity contribution is 0.0931. The van der Waals surface area contributed by atoms with E-state index in [0.29, 0.717) is 128 Å². The predicted molar refractivity (Wildman–Crippen MR) is 567 cm³/mol. The first-order valence-electron chi connectivity index (χ1n) is 49.0. The molecule has 0 saturated carbocycles. The summed E-state index contributed by atoms with van der Waals surface area (Å²) >= 11 is 0. The third-order valence-electron chi connectivity index (χ3n) is 24.6. The molecule has 16 aromatic rings. The molecule has 0 saturated heterocycles. The highest BCUT2D eigenvalue weighted by atomic mass is 16.5. The van der Waals surface area contributed by atoms with Gasteiger partial charge in [-0.05, 0) is 180 Å². The SMILES string of the molecule is CCCCNC(=O)c1ccc(-c2cc3c(Cc4ccccc4)c(C(=O)CC(C)(C)C)cnc3cc2OC)cn1.CCCCNC(=O)c1ccc(-c2cc3c(Cc4ccccc4)c(C(=O)CC)cnc3cc2OC)cn1.CCCCNC(=O)c1ccc(-c2ccc3ncc(C(=O)CC)c(Cc4ccccc4)c3c2)cn1.CCCCNC(=O)c1ccc(-c2ccc3ncc(C(C)=O)c(Cc4ccccc4)c3c2)cn1. The van der Waals surface area contributed by atoms with Crippen molar-refractivity contribution in [2.75, 3.05) is 40.4 Å². The number of nitrogens with one attached hydrogen (secondary N) is 4. The van der Waals surface area contributed by atoms with Crippen molar-refractivity contribution >= 4 is 90.4 Å². The molecule has 0 unspecified atom stereocenters. The Labute approximate surface area is 831 Å². The fourth-order valence-electron chi connectivity index (χ4n) is 16.8. The number of pyridine rings is 8. The number of carbonyl (C=O) groups is 8. The van der Waals surface area contributed by atoms with Crippen molar-refractivity contribution in [3.8, 4) is 56.0 Å². The van der Waals surface area contributed by atoms with Gasteiger partial charge in [-0.1, -0.05) is 246 Å². The fourth-order valence-corrected chi connectivity index (χ4v) is 16.8. The standard InChI is InChI=1S/C33H37N3O3.C30H31N3O3.C29H29N3O2.C28H27N3O2/c1-6-7-15-34-32(38)28-14-13-23(20-35-28)24-17-26-25(16-22-11-9-8-10-12-22)27(30(37)19-33(2,3)4)21-36-29(26)18-31(24)39-5;1-4-6-14-31-30(35)26-13-12-21(18-32-26)22-16-24-23(15-20-10-8-7-9-11-20)25(28(34)5-2)19-33-27(24)17-29(22)36-3;1-3-5-15-30-29(34)27-14-12-22(18-31-27)21-11-13-26-24(17-21)23(16-20-9-7-6-8-10-20)25(19-32-26)28(33)4-2;1-3-4-14-29-28(33)27-13-11-22(17-30-27)21-10-12-26-24(16-21)23(25(18-31-26)19(2)32)15-20-8-6-5-7-9-20/h8-14,17-18,20-21H,6-7,15-16,19H2,1-5H3,(H,34,38);7-13,16-19H,4-6,14-15H2,1-3H3,(H,31,35);6-14,17-19H,3-5,15-16H2,1-2H3,(H,30,34);5-13,16-18H,3-4,14-15H2,1-2H3,(H,29,33). The van der Waals surface area contributed by atoms with Crippen LogP contribution in [0.2, 0.25) is 0 Å². The summed E-state index contributed by atoms with van der Waals surface area (Å²) in [5.74, 6) is 0.854. The topological polar surface area (TPSA) is 306 Å². The summed E-state index contributed by atoms with van der Waals surface area (Å²) in [4.78, 5) is 137. The average molecular weight is 1890 g/mol. The average Bonchev–Trinajstić information content (AvgIpc) is 0.773. The molecule has 22 heteroatoms. The minimum Gasteiger partial charge on any atom is -0.496 e. The smallest absolute Gasteiger partial charge is 0.269 e. The van der Waals surface area contributed by atoms with Gasteiger partial charge in [-0.25, -0.2) is 0 Å². The monoisotopic (exact) mass is 1890 g/mol. The third-order valence-corrected chi connectivity index (χ3v) is 24.6. The molecule has 16 rings (SSSR count). The summed E-state index contributed by atoms with van der Waals surface area (Å²) < 4.78 is 11.4. The highest BCUT2D eigenvalue weighted by molar-refractivity contribution is 6.07. The molecule has 0 aliphatic heterocycles. The molecule has 8 aromatic heterocycles. The number of rotatable bonds is 37. The van der Waals surface area contributed by atoms with Crippen LogP contribution in [0.5, 0.6) is 11.5 Å². The number of ether oxygens (including phenoxy) is 2. The minimum absolute atomic E-state index is 0.000777. The Bertz CT molecular complexity index is 7100. The van der Waals surface area contributed by atoms with Gasteiger partial charge < -0.3 is 30.7 Å². The molecule has 0 aliphatic rings. The maximum Gasteiger partial charge on any atom is 0.269 e. The van der Waals surface area contributed by atoms with E-state index in [-0.39, 0.29) is 52.2 Å². The van der Waals surface area contributed by atoms with E-state index in [9.17, 15) is 38.4 Å². The number of hydrogen-bond acceptors (Lipinski definition) is 18. The molecule has 142 heavy (non-hydrogen) atoms. The lowest BCUT2D eigenvalue weighted by Gasteiger charge is -2.20. The molecule has 4 amide bonds. The van der Waals surface area contributed by atoms with E-state index in [4.69, 9.17) is 9.47 Å². The van der Waals surface area contributed by atoms with Crippen molar-refractivity contribution in [2.24, 2.45) is 5.41 Å². The molecule has 0 atom stereocenters. The Kier molecular flexibility index (Phi) is 36.9. The van der Waals surface area contributed by atoms with Crippen LogP contribution in [-0.2, 0) is 25.7 Å². The highest BCUT2D eigenvalue weighted by Crippen LogP contribution is 2.41. The Balaban J connectivity index is 0.000000159. The van der Waals surface area contributed by atoms with Crippen LogP contribution in [0.1, 0.15) is 268 Å². The number of aromatic nitrogens is 8. The van der Waals surface area contributed by atoms with Gasteiger partial charge in [0.1, 0.15) is 34.3 Å². The van der Waals surface area contributed by atoms with E-state index in [2.05, 4.69) is 170 Å². The van der Waals surface area contributed by atoms with E-state index in [1.54, 1.807) is 95.0 Å². The Morgan fingerprint density at radius 3 is 0.838 bits per heavy atom. The first-order chi connectivity index (χ1) is 68.9. The van der Waals surface area contributed by atoms with Gasteiger partial charge in [0.2, 0.25) is 0 Å². The van der Waals surface area contributed by atoms with Crippen molar-refractivity contribution in [3.63, 3.8) is 0 Å². The Morgan fingerprint density at radius 2 is 0.563 bits per heavy atom. The van der Waals surface area contributed by atoms with Gasteiger partial charge in [0.25, 0.3) is 23.6 Å². The van der Waals surface area contributed by atoms with Gasteiger partial charge in [-0.2, -0.15) is 0 Å². The highest BCUT2D eigenvalue weighted by Gasteiger charge is 2.27. The first kappa shape index (κ1) is 104. The van der Waals surface area contributed by atoms with E-state index < -0.39 is 0 Å². The summed E-state index contributed by atoms with van der Waals surface area (Å²) in [6.45, 7) is 22.4. The maximum atomic E-state index is 13.5. The van der Waals surface area contributed by atoms with Crippen molar-refractivity contribution in [1.29, 1.82) is 0 Å². The van der Waals surface area contributed by atoms with Crippen LogP contribution in [0.25, 0.3) is 88.1 Å². The number of nitrogens with zero attached hydrogens (tertiary/aromatic N) is 8. The van der Waals surface area contributed by atoms with Gasteiger partial charge in [-0.15, -0.1) is 0 Å². The van der Waals surface area contributed by atoms with Gasteiger partial charge in [0.15, 0.2) is 23.1 Å². The Morgan fingerprint density at radius 1 is 0.289 bits per heavy atom. The van der Waals surface area contributed by atoms with E-state index >= 15 is 0 Å². The van der Waals surface area contributed by atoms with E-state index in [1.165, 1.54) is 0 Å². The van der Waals surface area contributed by atoms with Gasteiger partial charge in [0.05, 0.1) is 36.3 Å². The van der Waals surface area contributed by atoms with Crippen molar-refractivity contribution in [1.82, 2.24) is 61.1 Å². The zero-order valence-corrected chi connectivity index (χ0v) is 83.2. The predicted octanol–water partition coefficient (Wildman–Crippen LogP) is 24.7. The van der Waals surface area contributed by atoms with Crippen molar-refractivity contribution in [2.45, 2.75) is 166 Å². The van der Waals surface area contributed by atoms with Crippen molar-refractivity contribution in [3.05, 3.63) is 370 Å². The van der Waals surface area contributed by atoms with Crippen LogP contribution in [0.15, 0.2) is 280 Å². The van der Waals surface area contributed by atoms with E-state index in [1.807, 2.05) is 159 Å². The second kappa shape index (κ2) is 50.7. The molecule has 8 aromatic carbocycles. The number of Topliss-reactive ketones (excluding diaryl/α,β-unsaturated/α-hetero) is 4. The molecule has 0 aliphatic carbocycles. The van der Waals surface area contributed by atoms with Crippen LogP contribution in [0.3, 0.4) is 0 Å². The number of fused-ring (bicyclic) bond motifs is 4. The minimum atomic E-state index is -0.183. The van der Waals surface area contributed by atoms with Crippen LogP contribution in [-0.4, -0.2) is 127 Å². The third kappa shape index (κ3) is 27.2. The number of benzene rings is 8. The molecule has 724 valence electrons. The lowest BCUT2D eigenvalue weighted by atomic mass is 9.85. The molecule has 0 bridgehead atoms. The summed E-state index contributed by atoms with van der Waals surface area (Å²) in [7, 11) is 3.24. The number of methoxy groups -OCH3 is 2. The number of ketones is 4. The van der Waals surface area contributed by atoms with Crippen molar-refractivity contribution < 1.29 is 47.8 Å². The van der Waals surface area contributed by atoms with Crippen LogP contribution in [0.4, 0.5) is 0 Å². The summed E-state index contributed by atoms with van der Waals surface area (Å²) in [5.41, 5.74) is 22.6. The van der Waals surface area contributed by atoms with Gasteiger partial charge >= 0.3 is 0 Å². The Hall–Kier alpha value is -15.8. The van der Waals surface area contributed by atoms with Crippen LogP contribution in [0, 0.1) is 5.41 Å². The number of amides is 4. The zero-order chi connectivity index (χ0) is 101. The normalized spacial score (nSPS) is 11.0. The number of hydrogen-bond donors (Lipinski definition) is 4. The first-order valence-corrected chi connectivity index (χ1v) is 49.0. The number of carbonyl (C=O) groups excluding carboxylic acids is 8. The molecular weight excluding hydrogens is 1770 g/mol. The second-order valence-corrected chi connectivity index (χ2v) is 36.3. The van der Waals surface area contributed by atoms with Crippen LogP contribution >= 0.6 is 0 Å². The molecule has 0 spiro atoms. The largest absolute Gasteiger partial charge is 0.496 e. The molecular formula is C120H124N12O10. The lowest BCUT2D eigenvalue weighted by Crippen LogP contribution is -2.25. The quantitative estimate of drug-likeness (QED) is 0.0208. The van der Waals surface area contributed by atoms with Gasteiger partial charge in [-0.3, -0.25) is 78.2 Å². The number of unbranched alkanes of at least 4 members (excludes halogenated alkanes) is 4. The molecule has 0 radical (unpaired) electrons. The zero-order valence-electron chi connectivity index (χ0n) is 83.2. The summed E-state index contributed by atoms with van der Waals surface area (Å²) in [6, 6.07) is 75.0. The summed E-state index contributed by atoms with van der Waals surface area (Å²) in [5, 5.41) is 15.3. The molecule has 0 fully saturated rings. The van der Waals surface area contributed by atoms with Crippen LogP contribution < -0.4 is 30.7 Å². The maximum absolute atomic E-state index is 13.5. The van der Waals surface area contributed by atoms with Gasteiger partial charge in [0, 0.05) is 184 Å². The van der Waals surface area contributed by atoms with E-state index in [0.717, 1.165) is 184 Å². The fraction of sp³-hybridized carbons (Fsp3) is 0.267.